The van der Waals surface area contributed by atoms with E-state index in [0.717, 1.165) is 18.2 Å². The molecule has 0 bridgehead atoms. The Morgan fingerprint density at radius 1 is 1.03 bits per heavy atom. The van der Waals surface area contributed by atoms with Crippen LogP contribution in [0.15, 0.2) is 76.2 Å². The molecule has 0 aliphatic carbocycles. The molecule has 0 unspecified atom stereocenters. The standard InChI is InChI=1S/C24H24F3NO5S/c1-17(2)12-23(29)28(16-21-9-5-11-32-21)15-18-6-3-8-20(13-18)33-34(30,31)22-10-4-7-19(14-22)24(25,26)27/h3-11,13-14,17H,12,15-16H2,1-2H3. The zero-order chi connectivity index (χ0) is 24.9. The van der Waals surface area contributed by atoms with Gasteiger partial charge in [0.2, 0.25) is 5.91 Å². The minimum atomic E-state index is -4.69. The Labute approximate surface area is 196 Å². The van der Waals surface area contributed by atoms with Gasteiger partial charge in [0.1, 0.15) is 16.4 Å². The summed E-state index contributed by atoms with van der Waals surface area (Å²) in [6, 6.07) is 12.9. The van der Waals surface area contributed by atoms with Crippen molar-refractivity contribution >= 4 is 16.0 Å². The second-order valence-corrected chi connectivity index (χ2v) is 9.68. The molecule has 3 aromatic rings. The second kappa shape index (κ2) is 10.3. The van der Waals surface area contributed by atoms with Crippen LogP contribution in [0.2, 0.25) is 0 Å². The first kappa shape index (κ1) is 25.4. The van der Waals surface area contributed by atoms with Gasteiger partial charge in [0.25, 0.3) is 0 Å². The topological polar surface area (TPSA) is 76.8 Å². The lowest BCUT2D eigenvalue weighted by atomic mass is 10.1. The molecule has 1 heterocycles. The van der Waals surface area contributed by atoms with E-state index < -0.39 is 26.8 Å². The van der Waals surface area contributed by atoms with Gasteiger partial charge in [-0.05, 0) is 53.9 Å². The number of halogens is 3. The van der Waals surface area contributed by atoms with Gasteiger partial charge in [-0.3, -0.25) is 4.79 Å². The number of alkyl halides is 3. The molecule has 0 fully saturated rings. The van der Waals surface area contributed by atoms with Crippen LogP contribution in [0, 0.1) is 5.92 Å². The van der Waals surface area contributed by atoms with Gasteiger partial charge in [-0.1, -0.05) is 32.0 Å². The zero-order valence-corrected chi connectivity index (χ0v) is 19.4. The summed E-state index contributed by atoms with van der Waals surface area (Å²) in [4.78, 5) is 13.7. The first-order valence-electron chi connectivity index (χ1n) is 10.4. The first-order chi connectivity index (χ1) is 15.9. The zero-order valence-electron chi connectivity index (χ0n) is 18.6. The number of rotatable bonds is 9. The molecule has 0 aliphatic rings. The summed E-state index contributed by atoms with van der Waals surface area (Å²) in [5.41, 5.74) is -0.511. The summed E-state index contributed by atoms with van der Waals surface area (Å²) < 4.78 is 74.5. The third kappa shape index (κ3) is 6.86. The number of carbonyl (C=O) groups excluding carboxylic acids is 1. The van der Waals surface area contributed by atoms with Gasteiger partial charge in [0.15, 0.2) is 0 Å². The molecule has 0 saturated carbocycles. The van der Waals surface area contributed by atoms with Gasteiger partial charge in [0.05, 0.1) is 18.4 Å². The lowest BCUT2D eigenvalue weighted by molar-refractivity contribution is -0.137. The highest BCUT2D eigenvalue weighted by Crippen LogP contribution is 2.31. The van der Waals surface area contributed by atoms with Crippen LogP contribution in [0.3, 0.4) is 0 Å². The molecular weight excluding hydrogens is 471 g/mol. The minimum Gasteiger partial charge on any atom is -0.467 e. The summed E-state index contributed by atoms with van der Waals surface area (Å²) in [5, 5.41) is 0. The van der Waals surface area contributed by atoms with E-state index in [9.17, 15) is 26.4 Å². The van der Waals surface area contributed by atoms with E-state index in [4.69, 9.17) is 8.60 Å². The molecule has 1 amide bonds. The fourth-order valence-corrected chi connectivity index (χ4v) is 4.19. The van der Waals surface area contributed by atoms with Crippen molar-refractivity contribution in [3.05, 3.63) is 83.8 Å². The lowest BCUT2D eigenvalue weighted by Gasteiger charge is -2.23. The molecule has 1 aromatic heterocycles. The molecule has 34 heavy (non-hydrogen) atoms. The summed E-state index contributed by atoms with van der Waals surface area (Å²) in [6.45, 7) is 4.24. The molecule has 6 nitrogen and oxygen atoms in total. The Morgan fingerprint density at radius 2 is 1.76 bits per heavy atom. The highest BCUT2D eigenvalue weighted by molar-refractivity contribution is 7.87. The van der Waals surface area contributed by atoms with Crippen LogP contribution in [-0.2, 0) is 34.2 Å². The largest absolute Gasteiger partial charge is 0.467 e. The normalized spacial score (nSPS) is 12.1. The number of hydrogen-bond donors (Lipinski definition) is 0. The molecule has 3 rings (SSSR count). The lowest BCUT2D eigenvalue weighted by Crippen LogP contribution is -2.30. The SMILES string of the molecule is CC(C)CC(=O)N(Cc1cccc(OS(=O)(=O)c2cccc(C(F)(F)F)c2)c1)Cc1ccco1. The third-order valence-corrected chi connectivity index (χ3v) is 6.03. The van der Waals surface area contributed by atoms with Crippen LogP contribution in [-0.4, -0.2) is 19.2 Å². The molecule has 2 aromatic carbocycles. The van der Waals surface area contributed by atoms with Gasteiger partial charge in [-0.25, -0.2) is 0 Å². The van der Waals surface area contributed by atoms with E-state index in [-0.39, 0.29) is 30.7 Å². The highest BCUT2D eigenvalue weighted by Gasteiger charge is 2.32. The van der Waals surface area contributed by atoms with Crippen molar-refractivity contribution in [2.45, 2.75) is 44.4 Å². The van der Waals surface area contributed by atoms with Crippen LogP contribution in [0.25, 0.3) is 0 Å². The van der Waals surface area contributed by atoms with Crippen LogP contribution >= 0.6 is 0 Å². The summed E-state index contributed by atoms with van der Waals surface area (Å²) in [7, 11) is -4.51. The van der Waals surface area contributed by atoms with E-state index in [1.54, 1.807) is 29.2 Å². The molecule has 0 saturated heterocycles. The third-order valence-electron chi connectivity index (χ3n) is 4.79. The Morgan fingerprint density at radius 3 is 2.41 bits per heavy atom. The Hall–Kier alpha value is -3.27. The summed E-state index contributed by atoms with van der Waals surface area (Å²) in [6.07, 6.45) is -2.86. The molecule has 0 spiro atoms. The van der Waals surface area contributed by atoms with Crippen LogP contribution < -0.4 is 4.18 Å². The maximum Gasteiger partial charge on any atom is 0.416 e. The number of nitrogens with zero attached hydrogens (tertiary/aromatic N) is 1. The Bertz CT molecular complexity index is 1220. The second-order valence-electron chi connectivity index (χ2n) is 8.14. The van der Waals surface area contributed by atoms with Crippen molar-refractivity contribution in [1.82, 2.24) is 4.90 Å². The number of furan rings is 1. The molecule has 0 radical (unpaired) electrons. The quantitative estimate of drug-likeness (QED) is 0.359. The Balaban J connectivity index is 1.81. The van der Waals surface area contributed by atoms with Crippen molar-refractivity contribution in [2.24, 2.45) is 5.92 Å². The summed E-state index contributed by atoms with van der Waals surface area (Å²) >= 11 is 0. The molecule has 10 heteroatoms. The van der Waals surface area contributed by atoms with Crippen LogP contribution in [0.1, 0.15) is 37.2 Å². The number of hydrogen-bond acceptors (Lipinski definition) is 5. The predicted molar refractivity (Wildman–Crippen MR) is 118 cm³/mol. The van der Waals surface area contributed by atoms with Gasteiger partial charge in [-0.2, -0.15) is 21.6 Å². The van der Waals surface area contributed by atoms with E-state index in [1.807, 2.05) is 13.8 Å². The average molecular weight is 496 g/mol. The van der Waals surface area contributed by atoms with Gasteiger partial charge < -0.3 is 13.5 Å². The molecule has 0 atom stereocenters. The molecule has 182 valence electrons. The smallest absolute Gasteiger partial charge is 0.416 e. The molecule has 0 N–H and O–H groups in total. The van der Waals surface area contributed by atoms with Crippen molar-refractivity contribution in [2.75, 3.05) is 0 Å². The fourth-order valence-electron chi connectivity index (χ4n) is 3.22. The van der Waals surface area contributed by atoms with E-state index >= 15 is 0 Å². The van der Waals surface area contributed by atoms with Crippen molar-refractivity contribution in [3.63, 3.8) is 0 Å². The number of carbonyl (C=O) groups is 1. The van der Waals surface area contributed by atoms with E-state index in [1.165, 1.54) is 18.4 Å². The van der Waals surface area contributed by atoms with Crippen molar-refractivity contribution in [1.29, 1.82) is 0 Å². The Kier molecular flexibility index (Phi) is 7.71. The van der Waals surface area contributed by atoms with Crippen LogP contribution in [0.4, 0.5) is 13.2 Å². The number of amides is 1. The number of benzene rings is 2. The predicted octanol–water partition coefficient (Wildman–Crippen LogP) is 5.64. The monoisotopic (exact) mass is 495 g/mol. The van der Waals surface area contributed by atoms with Gasteiger partial charge in [-0.15, -0.1) is 0 Å². The van der Waals surface area contributed by atoms with Gasteiger partial charge in [0, 0.05) is 13.0 Å². The molecule has 0 aliphatic heterocycles. The van der Waals surface area contributed by atoms with E-state index in [2.05, 4.69) is 0 Å². The average Bonchev–Trinajstić information content (AvgIpc) is 3.25. The highest BCUT2D eigenvalue weighted by atomic mass is 32.2. The van der Waals surface area contributed by atoms with Crippen molar-refractivity contribution in [3.8, 4) is 5.75 Å². The van der Waals surface area contributed by atoms with Crippen molar-refractivity contribution < 1.29 is 35.0 Å². The maximum absolute atomic E-state index is 13.0. The van der Waals surface area contributed by atoms with Gasteiger partial charge >= 0.3 is 16.3 Å². The fraction of sp³-hybridized carbons (Fsp3) is 0.292. The first-order valence-corrected chi connectivity index (χ1v) is 11.9. The minimum absolute atomic E-state index is 0.0795. The summed E-state index contributed by atoms with van der Waals surface area (Å²) in [5.74, 6) is 0.550. The maximum atomic E-state index is 13.0. The molecular formula is C24H24F3NO5S. The van der Waals surface area contributed by atoms with E-state index in [0.29, 0.717) is 23.8 Å². The van der Waals surface area contributed by atoms with Crippen LogP contribution in [0.5, 0.6) is 5.75 Å².